The van der Waals surface area contributed by atoms with Gasteiger partial charge in [0.05, 0.1) is 12.6 Å². The first kappa shape index (κ1) is 13.0. The summed E-state index contributed by atoms with van der Waals surface area (Å²) in [5.41, 5.74) is 1.94. The number of para-hydroxylation sites is 1. The highest BCUT2D eigenvalue weighted by atomic mass is 16.5. The lowest BCUT2D eigenvalue weighted by atomic mass is 10.0. The van der Waals surface area contributed by atoms with Gasteiger partial charge in [-0.1, -0.05) is 18.2 Å². The Morgan fingerprint density at radius 2 is 2.21 bits per heavy atom. The molecular weight excluding hydrogens is 242 g/mol. The van der Waals surface area contributed by atoms with Crippen LogP contribution >= 0.6 is 0 Å². The fourth-order valence-electron chi connectivity index (χ4n) is 1.99. The van der Waals surface area contributed by atoms with Crippen LogP contribution in [-0.2, 0) is 9.53 Å². The highest BCUT2D eigenvalue weighted by Gasteiger charge is 2.24. The van der Waals surface area contributed by atoms with Crippen LogP contribution in [-0.4, -0.2) is 12.6 Å². The van der Waals surface area contributed by atoms with Crippen molar-refractivity contribution >= 4 is 11.7 Å². The summed E-state index contributed by atoms with van der Waals surface area (Å²) in [5, 5.41) is 15.3. The Labute approximate surface area is 111 Å². The largest absolute Gasteiger partial charge is 0.462 e. The maximum Gasteiger partial charge on any atom is 0.352 e. The lowest BCUT2D eigenvalue weighted by Crippen LogP contribution is -2.32. The van der Waals surface area contributed by atoms with Crippen molar-refractivity contribution < 1.29 is 9.53 Å². The van der Waals surface area contributed by atoms with E-state index in [-0.39, 0.29) is 18.2 Å². The number of nitrogens with one attached hydrogen (secondary N) is 2. The molecule has 0 spiro atoms. The number of ether oxygens (including phenoxy) is 1. The van der Waals surface area contributed by atoms with Crippen molar-refractivity contribution in [2.75, 3.05) is 11.9 Å². The van der Waals surface area contributed by atoms with Gasteiger partial charge < -0.3 is 15.4 Å². The van der Waals surface area contributed by atoms with E-state index in [1.54, 1.807) is 6.92 Å². The standard InChI is InChI=1S/C14H15N3O2/c1-3-19-14(18)11(8-15)13-16-9(2)10-6-4-5-7-12(10)17-13/h4-7,9,16-17H,3H2,1-2H3/b13-11+/t9-/m1/s1. The van der Waals surface area contributed by atoms with Crippen molar-refractivity contribution in [2.24, 2.45) is 0 Å². The number of anilines is 1. The van der Waals surface area contributed by atoms with Crippen LogP contribution in [0.2, 0.25) is 0 Å². The van der Waals surface area contributed by atoms with E-state index in [1.807, 2.05) is 37.3 Å². The Bertz CT molecular complexity index is 572. The third kappa shape index (κ3) is 2.52. The lowest BCUT2D eigenvalue weighted by molar-refractivity contribution is -0.138. The molecule has 1 atom stereocenters. The normalized spacial score (nSPS) is 19.3. The van der Waals surface area contributed by atoms with Gasteiger partial charge in [0.1, 0.15) is 11.9 Å². The monoisotopic (exact) mass is 257 g/mol. The Kier molecular flexibility index (Phi) is 3.71. The molecule has 19 heavy (non-hydrogen) atoms. The smallest absolute Gasteiger partial charge is 0.352 e. The van der Waals surface area contributed by atoms with Crippen molar-refractivity contribution in [1.29, 1.82) is 5.26 Å². The van der Waals surface area contributed by atoms with Crippen molar-refractivity contribution in [1.82, 2.24) is 5.32 Å². The van der Waals surface area contributed by atoms with Gasteiger partial charge in [-0.3, -0.25) is 0 Å². The summed E-state index contributed by atoms with van der Waals surface area (Å²) in [6, 6.07) is 9.66. The molecule has 1 aromatic rings. The molecule has 1 aromatic carbocycles. The summed E-state index contributed by atoms with van der Waals surface area (Å²) in [7, 11) is 0. The van der Waals surface area contributed by atoms with Crippen LogP contribution in [0.1, 0.15) is 25.5 Å². The highest BCUT2D eigenvalue weighted by molar-refractivity contribution is 5.94. The molecule has 2 N–H and O–H groups in total. The van der Waals surface area contributed by atoms with Gasteiger partial charge in [0.25, 0.3) is 0 Å². The van der Waals surface area contributed by atoms with E-state index in [1.165, 1.54) is 0 Å². The number of hydrogen-bond donors (Lipinski definition) is 2. The third-order valence-electron chi connectivity index (χ3n) is 2.89. The summed E-state index contributed by atoms with van der Waals surface area (Å²) in [5.74, 6) is -0.223. The van der Waals surface area contributed by atoms with E-state index in [2.05, 4.69) is 10.6 Å². The van der Waals surface area contributed by atoms with E-state index < -0.39 is 5.97 Å². The molecule has 0 fully saturated rings. The third-order valence-corrected chi connectivity index (χ3v) is 2.89. The minimum atomic E-state index is -0.619. The number of benzene rings is 1. The van der Waals surface area contributed by atoms with E-state index in [9.17, 15) is 4.79 Å². The van der Waals surface area contributed by atoms with Gasteiger partial charge in [-0.25, -0.2) is 4.79 Å². The number of nitriles is 1. The fourth-order valence-corrected chi connectivity index (χ4v) is 1.99. The molecule has 1 heterocycles. The van der Waals surface area contributed by atoms with Crippen molar-refractivity contribution in [3.8, 4) is 6.07 Å². The Balaban J connectivity index is 2.38. The molecule has 98 valence electrons. The molecule has 2 rings (SSSR count). The molecule has 0 aromatic heterocycles. The Hall–Kier alpha value is -2.48. The SMILES string of the molecule is CCOC(=O)/C(C#N)=C1/Nc2ccccc2[C@@H](C)N1. The van der Waals surface area contributed by atoms with Crippen LogP contribution in [0.15, 0.2) is 35.7 Å². The van der Waals surface area contributed by atoms with Gasteiger partial charge in [0.15, 0.2) is 5.57 Å². The zero-order valence-electron chi connectivity index (χ0n) is 10.9. The molecule has 5 nitrogen and oxygen atoms in total. The number of esters is 1. The predicted molar refractivity (Wildman–Crippen MR) is 70.9 cm³/mol. The number of carbonyl (C=O) groups excluding carboxylic acids is 1. The average Bonchev–Trinajstić information content (AvgIpc) is 2.40. The maximum atomic E-state index is 11.7. The first-order chi connectivity index (χ1) is 9.17. The first-order valence-corrected chi connectivity index (χ1v) is 6.11. The molecule has 0 saturated heterocycles. The van der Waals surface area contributed by atoms with Gasteiger partial charge in [-0.05, 0) is 25.5 Å². The predicted octanol–water partition coefficient (Wildman–Crippen LogP) is 2.06. The summed E-state index contributed by atoms with van der Waals surface area (Å²) in [6.45, 7) is 3.92. The van der Waals surface area contributed by atoms with Crippen LogP contribution in [0.3, 0.4) is 0 Å². The summed E-state index contributed by atoms with van der Waals surface area (Å²) in [6.07, 6.45) is 0. The minimum absolute atomic E-state index is 0.0187. The summed E-state index contributed by atoms with van der Waals surface area (Å²) in [4.78, 5) is 11.7. The fraction of sp³-hybridized carbons (Fsp3) is 0.286. The van der Waals surface area contributed by atoms with E-state index in [0.717, 1.165) is 11.3 Å². The topological polar surface area (TPSA) is 74.2 Å². The van der Waals surface area contributed by atoms with Gasteiger partial charge in [0, 0.05) is 5.69 Å². The highest BCUT2D eigenvalue weighted by Crippen LogP contribution is 2.29. The Morgan fingerprint density at radius 1 is 1.47 bits per heavy atom. The molecule has 0 bridgehead atoms. The van der Waals surface area contributed by atoms with Crippen LogP contribution < -0.4 is 10.6 Å². The van der Waals surface area contributed by atoms with Crippen molar-refractivity contribution in [3.63, 3.8) is 0 Å². The maximum absolute atomic E-state index is 11.7. The van der Waals surface area contributed by atoms with E-state index >= 15 is 0 Å². The molecular formula is C14H15N3O2. The second-order valence-corrected chi connectivity index (χ2v) is 4.16. The van der Waals surface area contributed by atoms with Gasteiger partial charge in [-0.2, -0.15) is 5.26 Å². The quantitative estimate of drug-likeness (QED) is 0.482. The molecule has 0 aliphatic carbocycles. The molecule has 0 radical (unpaired) electrons. The zero-order valence-corrected chi connectivity index (χ0v) is 10.9. The average molecular weight is 257 g/mol. The summed E-state index contributed by atoms with van der Waals surface area (Å²) < 4.78 is 4.87. The minimum Gasteiger partial charge on any atom is -0.462 e. The molecule has 0 unspecified atom stereocenters. The van der Waals surface area contributed by atoms with E-state index in [4.69, 9.17) is 10.00 Å². The molecule has 0 saturated carbocycles. The lowest BCUT2D eigenvalue weighted by Gasteiger charge is -2.28. The van der Waals surface area contributed by atoms with Crippen molar-refractivity contribution in [3.05, 3.63) is 41.2 Å². The summed E-state index contributed by atoms with van der Waals surface area (Å²) >= 11 is 0. The molecule has 0 amide bonds. The van der Waals surface area contributed by atoms with Crippen LogP contribution in [0.5, 0.6) is 0 Å². The van der Waals surface area contributed by atoms with E-state index in [0.29, 0.717) is 5.82 Å². The second kappa shape index (κ2) is 5.44. The van der Waals surface area contributed by atoms with Crippen LogP contribution in [0, 0.1) is 11.3 Å². The van der Waals surface area contributed by atoms with Crippen LogP contribution in [0.25, 0.3) is 0 Å². The second-order valence-electron chi connectivity index (χ2n) is 4.16. The molecule has 5 heteroatoms. The first-order valence-electron chi connectivity index (χ1n) is 6.11. The van der Waals surface area contributed by atoms with Crippen molar-refractivity contribution in [2.45, 2.75) is 19.9 Å². The van der Waals surface area contributed by atoms with Gasteiger partial charge in [0.2, 0.25) is 0 Å². The number of carbonyl (C=O) groups is 1. The van der Waals surface area contributed by atoms with Gasteiger partial charge in [-0.15, -0.1) is 0 Å². The number of nitrogens with zero attached hydrogens (tertiary/aromatic N) is 1. The van der Waals surface area contributed by atoms with Crippen LogP contribution in [0.4, 0.5) is 5.69 Å². The molecule has 1 aliphatic heterocycles. The molecule has 1 aliphatic rings. The number of hydrogen-bond acceptors (Lipinski definition) is 5. The number of rotatable bonds is 2. The zero-order chi connectivity index (χ0) is 13.8. The number of fused-ring (bicyclic) bond motifs is 1. The van der Waals surface area contributed by atoms with Gasteiger partial charge >= 0.3 is 5.97 Å². The Morgan fingerprint density at radius 3 is 2.89 bits per heavy atom.